The molecule has 0 saturated carbocycles. The Kier molecular flexibility index (Phi) is 9.04. The predicted octanol–water partition coefficient (Wildman–Crippen LogP) is 5.16. The van der Waals surface area contributed by atoms with Crippen LogP contribution in [0.2, 0.25) is 5.02 Å². The highest BCUT2D eigenvalue weighted by Gasteiger charge is 2.47. The van der Waals surface area contributed by atoms with Gasteiger partial charge in [-0.3, -0.25) is 34.3 Å². The van der Waals surface area contributed by atoms with Gasteiger partial charge in [0.25, 0.3) is 11.8 Å². The minimum atomic E-state index is -3.72. The molecule has 4 aromatic rings. The summed E-state index contributed by atoms with van der Waals surface area (Å²) >= 11 is 5.96. The standard InChI is InChI=1S/C41H42ClF3N8O6/c1-58-32-20-30-25(38(47-22-46-30)48-24-3-4-28(43)27(42)17-24)19-33(32)59-16-2-9-50-10-7-23(8-11-50)21-51-12-14-52(15-13-51)37-29(44)18-26-35(36(37)45)41(57)53(40(26)56)31-5-6-34(54)49-39(31)55/h3-4,17-20,22-23,31H,2,5-16,21H2,1H3,(H,46,47,48)(H,49,54,55)/i12D2,13D2,14D2,15D2. The number of methoxy groups -OCH3 is 1. The van der Waals surface area contributed by atoms with Crippen molar-refractivity contribution >= 4 is 63.3 Å². The molecule has 1 aromatic heterocycles. The molecule has 59 heavy (non-hydrogen) atoms. The van der Waals surface area contributed by atoms with E-state index in [0.717, 1.165) is 0 Å². The maximum atomic E-state index is 16.6. The zero-order valence-corrected chi connectivity index (χ0v) is 32.2. The molecule has 0 aliphatic carbocycles. The summed E-state index contributed by atoms with van der Waals surface area (Å²) in [5.41, 5.74) is -2.61. The molecule has 0 spiro atoms. The van der Waals surface area contributed by atoms with Crippen LogP contribution in [0.25, 0.3) is 10.9 Å². The number of fused-ring (bicyclic) bond motifs is 2. The number of likely N-dealkylation sites (tertiary alicyclic amines) is 1. The number of imide groups is 2. The molecule has 4 aliphatic heterocycles. The first-order valence-electron chi connectivity index (χ1n) is 22.7. The first-order valence-corrected chi connectivity index (χ1v) is 19.1. The van der Waals surface area contributed by atoms with Crippen molar-refractivity contribution in [1.82, 2.24) is 30.0 Å². The summed E-state index contributed by atoms with van der Waals surface area (Å²) in [7, 11) is 1.49. The number of ether oxygens (including phenoxy) is 2. The van der Waals surface area contributed by atoms with E-state index in [-0.39, 0.29) is 29.4 Å². The number of hydrogen-bond acceptors (Lipinski definition) is 12. The van der Waals surface area contributed by atoms with Gasteiger partial charge < -0.3 is 24.6 Å². The molecule has 310 valence electrons. The smallest absolute Gasteiger partial charge is 0.265 e. The van der Waals surface area contributed by atoms with Crippen LogP contribution in [0.5, 0.6) is 11.5 Å². The molecule has 2 N–H and O–H groups in total. The molecule has 4 amide bonds. The number of carbonyl (C=O) groups is 4. The number of anilines is 3. The lowest BCUT2D eigenvalue weighted by Crippen LogP contribution is -2.54. The van der Waals surface area contributed by atoms with E-state index in [0.29, 0.717) is 88.7 Å². The van der Waals surface area contributed by atoms with Crippen LogP contribution in [-0.4, -0.2) is 120 Å². The van der Waals surface area contributed by atoms with Crippen molar-refractivity contribution in [3.63, 3.8) is 0 Å². The van der Waals surface area contributed by atoms with E-state index in [9.17, 15) is 23.6 Å². The van der Waals surface area contributed by atoms with Crippen molar-refractivity contribution in [2.24, 2.45) is 5.92 Å². The number of piperidine rings is 2. The van der Waals surface area contributed by atoms with Gasteiger partial charge in [-0.2, -0.15) is 0 Å². The van der Waals surface area contributed by atoms with Gasteiger partial charge in [-0.15, -0.1) is 0 Å². The number of carbonyl (C=O) groups excluding carboxylic acids is 4. The van der Waals surface area contributed by atoms with Gasteiger partial charge in [0, 0.05) is 68.1 Å². The molecule has 14 nitrogen and oxygen atoms in total. The van der Waals surface area contributed by atoms with Crippen molar-refractivity contribution in [2.45, 2.75) is 38.1 Å². The lowest BCUT2D eigenvalue weighted by molar-refractivity contribution is -0.136. The molecule has 8 rings (SSSR count). The van der Waals surface area contributed by atoms with E-state index < -0.39 is 102 Å². The molecule has 3 fully saturated rings. The second-order valence-electron chi connectivity index (χ2n) is 14.3. The van der Waals surface area contributed by atoms with Crippen molar-refractivity contribution in [1.29, 1.82) is 0 Å². The highest BCUT2D eigenvalue weighted by atomic mass is 35.5. The molecule has 5 heterocycles. The highest BCUT2D eigenvalue weighted by Crippen LogP contribution is 2.38. The monoisotopic (exact) mass is 842 g/mol. The first-order chi connectivity index (χ1) is 31.5. The van der Waals surface area contributed by atoms with Crippen molar-refractivity contribution in [3.8, 4) is 11.5 Å². The Labute approximate surface area is 353 Å². The van der Waals surface area contributed by atoms with Crippen LogP contribution in [0.1, 0.15) is 63.8 Å². The largest absolute Gasteiger partial charge is 0.493 e. The summed E-state index contributed by atoms with van der Waals surface area (Å²) in [5.74, 6) is -8.06. The highest BCUT2D eigenvalue weighted by molar-refractivity contribution is 6.31. The van der Waals surface area contributed by atoms with Gasteiger partial charge in [-0.1, -0.05) is 11.6 Å². The van der Waals surface area contributed by atoms with E-state index in [2.05, 4.69) is 20.2 Å². The molecule has 3 aromatic carbocycles. The number of piperazine rings is 1. The molecule has 18 heteroatoms. The molecule has 3 saturated heterocycles. The lowest BCUT2D eigenvalue weighted by Gasteiger charge is -2.39. The Bertz CT molecular complexity index is 2670. The van der Waals surface area contributed by atoms with Crippen LogP contribution in [0, 0.1) is 23.4 Å². The van der Waals surface area contributed by atoms with Gasteiger partial charge in [0.05, 0.1) is 40.9 Å². The van der Waals surface area contributed by atoms with E-state index in [1.807, 2.05) is 5.32 Å². The summed E-state index contributed by atoms with van der Waals surface area (Å²) in [5, 5.41) is 5.60. The number of halogens is 4. The minimum Gasteiger partial charge on any atom is -0.493 e. The van der Waals surface area contributed by atoms with Gasteiger partial charge in [-0.25, -0.2) is 23.1 Å². The lowest BCUT2D eigenvalue weighted by atomic mass is 9.95. The summed E-state index contributed by atoms with van der Waals surface area (Å²) in [6, 6.07) is 6.33. The van der Waals surface area contributed by atoms with Crippen LogP contribution in [0.15, 0.2) is 42.7 Å². The molecule has 4 aliphatic rings. The van der Waals surface area contributed by atoms with Crippen LogP contribution < -0.4 is 25.0 Å². The van der Waals surface area contributed by atoms with E-state index in [1.54, 1.807) is 12.1 Å². The SMILES string of the molecule is [2H]C1([2H])N(CC2CCN(CCCOc3cc4c(Nc5ccc(F)c(Cl)c5)ncnc4cc3OC)CC2)C([2H])([2H])C([2H])([2H])N(c2c(F)cc3c(c2F)C(=O)N(C2CCC(=O)NC2=O)C3=O)C1([2H])[2H]. The van der Waals surface area contributed by atoms with Crippen LogP contribution in [-0.2, 0) is 9.59 Å². The average molecular weight is 843 g/mol. The minimum absolute atomic E-state index is 0.0658. The third-order valence-electron chi connectivity index (χ3n) is 10.5. The molecule has 0 bridgehead atoms. The second kappa shape index (κ2) is 17.0. The molecular weight excluding hydrogens is 793 g/mol. The topological polar surface area (TPSA) is 150 Å². The number of aromatic nitrogens is 2. The maximum Gasteiger partial charge on any atom is 0.265 e. The molecule has 1 unspecified atom stereocenters. The number of nitrogens with zero attached hydrogens (tertiary/aromatic N) is 6. The zero-order valence-electron chi connectivity index (χ0n) is 39.4. The number of benzene rings is 3. The Morgan fingerprint density at radius 2 is 1.71 bits per heavy atom. The van der Waals surface area contributed by atoms with Gasteiger partial charge in [0.15, 0.2) is 17.3 Å². The van der Waals surface area contributed by atoms with Gasteiger partial charge >= 0.3 is 0 Å². The molecular formula is C41H42ClF3N8O6. The van der Waals surface area contributed by atoms with E-state index >= 15 is 8.78 Å². The van der Waals surface area contributed by atoms with Crippen molar-refractivity contribution in [2.75, 3.05) is 76.1 Å². The predicted molar refractivity (Wildman–Crippen MR) is 212 cm³/mol. The van der Waals surface area contributed by atoms with E-state index in [1.165, 1.54) is 31.6 Å². The fourth-order valence-corrected chi connectivity index (χ4v) is 7.67. The average Bonchev–Trinajstić information content (AvgIpc) is 3.51. The fourth-order valence-electron chi connectivity index (χ4n) is 7.49. The van der Waals surface area contributed by atoms with E-state index in [4.69, 9.17) is 32.0 Å². The fraction of sp³-hybridized carbons (Fsp3) is 0.415. The third kappa shape index (κ3) is 8.23. The van der Waals surface area contributed by atoms with Crippen LogP contribution in [0.3, 0.4) is 0 Å². The van der Waals surface area contributed by atoms with Crippen molar-refractivity contribution in [3.05, 3.63) is 76.3 Å². The molecule has 0 radical (unpaired) electrons. The van der Waals surface area contributed by atoms with Crippen molar-refractivity contribution < 1.29 is 52.8 Å². The van der Waals surface area contributed by atoms with Gasteiger partial charge in [0.2, 0.25) is 11.8 Å². The Morgan fingerprint density at radius 3 is 2.44 bits per heavy atom. The Hall–Kier alpha value is -5.52. The summed E-state index contributed by atoms with van der Waals surface area (Å²) in [6.45, 7) is -13.1. The summed E-state index contributed by atoms with van der Waals surface area (Å²) < 4.78 is 129. The Balaban J connectivity index is 0.922. The number of rotatable bonds is 12. The zero-order chi connectivity index (χ0) is 48.5. The third-order valence-corrected chi connectivity index (χ3v) is 10.8. The van der Waals surface area contributed by atoms with Gasteiger partial charge in [0.1, 0.15) is 35.5 Å². The maximum absolute atomic E-state index is 16.6. The quantitative estimate of drug-likeness (QED) is 0.143. The molecule has 1 atom stereocenters. The number of nitrogens with one attached hydrogen (secondary N) is 2. The van der Waals surface area contributed by atoms with Gasteiger partial charge in [-0.05, 0) is 75.0 Å². The summed E-state index contributed by atoms with van der Waals surface area (Å²) in [4.78, 5) is 62.2. The summed E-state index contributed by atoms with van der Waals surface area (Å²) in [6.07, 6.45) is 2.06. The number of hydrogen-bond donors (Lipinski definition) is 2. The number of amides is 4. The van der Waals surface area contributed by atoms with Crippen LogP contribution >= 0.6 is 11.6 Å². The first kappa shape index (κ1) is 31.4. The second-order valence-corrected chi connectivity index (χ2v) is 14.7. The van der Waals surface area contributed by atoms with Crippen LogP contribution in [0.4, 0.5) is 30.4 Å². The normalized spacial score (nSPS) is 24.8. The Morgan fingerprint density at radius 1 is 0.932 bits per heavy atom.